The number of methoxy groups -OCH3 is 4. The van der Waals surface area contributed by atoms with Crippen LogP contribution in [0.1, 0.15) is 46.6 Å². The molecule has 35 heavy (non-hydrogen) atoms. The predicted molar refractivity (Wildman–Crippen MR) is 148 cm³/mol. The standard InChI is InChI=1S/C25H37N3O4.C3H8/c1-11-20(27-16(3)15-29-7)17(4)24(18(5)26-6)28-21(12-2)19-13-22(30-8)25(32-10)23(14-19)31-9;1-3-2/h11-14,16,26-27H,2,4,15H2,1,3,5-10H3;3H2,1-2H3/b20-11-,24-18+,28-21?;. The number of hydrogen-bond acceptors (Lipinski definition) is 7. The van der Waals surface area contributed by atoms with E-state index in [2.05, 4.69) is 37.6 Å². The maximum Gasteiger partial charge on any atom is 0.203 e. The van der Waals surface area contributed by atoms with Gasteiger partial charge >= 0.3 is 0 Å². The molecule has 0 fully saturated rings. The Hall–Kier alpha value is -3.19. The van der Waals surface area contributed by atoms with Crippen molar-refractivity contribution in [3.8, 4) is 17.2 Å². The third-order valence-electron chi connectivity index (χ3n) is 4.83. The van der Waals surface area contributed by atoms with Gasteiger partial charge in [-0.15, -0.1) is 0 Å². The van der Waals surface area contributed by atoms with Crippen LogP contribution in [0.4, 0.5) is 0 Å². The highest BCUT2D eigenvalue weighted by Gasteiger charge is 2.17. The molecule has 1 aromatic rings. The summed E-state index contributed by atoms with van der Waals surface area (Å²) in [5.41, 5.74) is 4.58. The van der Waals surface area contributed by atoms with Crippen molar-refractivity contribution in [2.75, 3.05) is 42.1 Å². The van der Waals surface area contributed by atoms with Crippen LogP contribution < -0.4 is 24.8 Å². The average Bonchev–Trinajstić information content (AvgIpc) is 2.86. The lowest BCUT2D eigenvalue weighted by Gasteiger charge is -2.21. The largest absolute Gasteiger partial charge is 0.493 e. The number of hydrogen-bond donors (Lipinski definition) is 2. The monoisotopic (exact) mass is 487 g/mol. The van der Waals surface area contributed by atoms with Crippen LogP contribution in [0.25, 0.3) is 0 Å². The van der Waals surface area contributed by atoms with Crippen molar-refractivity contribution in [2.24, 2.45) is 4.99 Å². The van der Waals surface area contributed by atoms with Gasteiger partial charge in [0.1, 0.15) is 0 Å². The van der Waals surface area contributed by atoms with Crippen LogP contribution in [-0.2, 0) is 4.74 Å². The molecule has 0 amide bonds. The zero-order chi connectivity index (χ0) is 27.0. The van der Waals surface area contributed by atoms with Crippen LogP contribution >= 0.6 is 0 Å². The van der Waals surface area contributed by atoms with E-state index in [4.69, 9.17) is 23.9 Å². The minimum Gasteiger partial charge on any atom is -0.493 e. The molecule has 0 saturated heterocycles. The van der Waals surface area contributed by atoms with Crippen molar-refractivity contribution in [1.29, 1.82) is 0 Å². The second-order valence-electron chi connectivity index (χ2n) is 7.73. The summed E-state index contributed by atoms with van der Waals surface area (Å²) >= 11 is 0. The lowest BCUT2D eigenvalue weighted by Crippen LogP contribution is -2.30. The molecule has 2 N–H and O–H groups in total. The fraction of sp³-hybridized carbons (Fsp3) is 0.464. The van der Waals surface area contributed by atoms with Gasteiger partial charge in [0.15, 0.2) is 11.5 Å². The summed E-state index contributed by atoms with van der Waals surface area (Å²) in [4.78, 5) is 4.92. The maximum atomic E-state index is 5.49. The molecule has 0 saturated carbocycles. The van der Waals surface area contributed by atoms with Gasteiger partial charge in [-0.3, -0.25) is 0 Å². The van der Waals surface area contributed by atoms with Gasteiger partial charge < -0.3 is 29.6 Å². The molecule has 0 radical (unpaired) electrons. The number of nitrogens with one attached hydrogen (secondary N) is 2. The first kappa shape index (κ1) is 31.8. The number of rotatable bonds is 13. The maximum absolute atomic E-state index is 5.49. The molecule has 7 nitrogen and oxygen atoms in total. The van der Waals surface area contributed by atoms with Gasteiger partial charge in [0.05, 0.1) is 39.3 Å². The van der Waals surface area contributed by atoms with E-state index in [1.165, 1.54) is 6.42 Å². The van der Waals surface area contributed by atoms with Gasteiger partial charge in [0.25, 0.3) is 0 Å². The molecule has 196 valence electrons. The summed E-state index contributed by atoms with van der Waals surface area (Å²) in [6.45, 7) is 19.0. The van der Waals surface area contributed by atoms with Crippen LogP contribution in [-0.4, -0.2) is 53.8 Å². The molecule has 0 aromatic heterocycles. The SMILES string of the molecule is C=CC(=N/C(C(=C)/C(=C/C)NC(C)COC)=C(\C)NC)c1cc(OC)c(OC)c(OC)c1.CCC. The number of allylic oxidation sites excluding steroid dienone is 3. The molecular formula is C28H45N3O4. The van der Waals surface area contributed by atoms with Crippen molar-refractivity contribution in [3.63, 3.8) is 0 Å². The van der Waals surface area contributed by atoms with E-state index in [1.807, 2.05) is 46.0 Å². The molecule has 0 heterocycles. The Morgan fingerprint density at radius 3 is 2.00 bits per heavy atom. The first-order valence-corrected chi connectivity index (χ1v) is 11.7. The van der Waals surface area contributed by atoms with E-state index in [9.17, 15) is 0 Å². The van der Waals surface area contributed by atoms with Crippen LogP contribution in [0, 0.1) is 0 Å². The third-order valence-corrected chi connectivity index (χ3v) is 4.83. The smallest absolute Gasteiger partial charge is 0.203 e. The topological polar surface area (TPSA) is 73.3 Å². The van der Waals surface area contributed by atoms with Crippen molar-refractivity contribution in [2.45, 2.75) is 47.1 Å². The lowest BCUT2D eigenvalue weighted by molar-refractivity contribution is 0.176. The molecule has 1 rings (SSSR count). The third kappa shape index (κ3) is 9.53. The van der Waals surface area contributed by atoms with E-state index < -0.39 is 0 Å². The Morgan fingerprint density at radius 2 is 1.63 bits per heavy atom. The minimum atomic E-state index is 0.108. The van der Waals surface area contributed by atoms with Gasteiger partial charge in [-0.2, -0.15) is 0 Å². The highest BCUT2D eigenvalue weighted by molar-refractivity contribution is 6.09. The molecule has 0 aliphatic rings. The molecule has 1 aromatic carbocycles. The molecule has 1 unspecified atom stereocenters. The zero-order valence-corrected chi connectivity index (χ0v) is 23.3. The second kappa shape index (κ2) is 17.3. The summed E-state index contributed by atoms with van der Waals surface area (Å²) < 4.78 is 21.7. The first-order valence-electron chi connectivity index (χ1n) is 11.7. The first-order chi connectivity index (χ1) is 16.7. The molecular weight excluding hydrogens is 442 g/mol. The Balaban J connectivity index is 0.00000365. The van der Waals surface area contributed by atoms with Crippen LogP contribution in [0.15, 0.2) is 65.1 Å². The number of aliphatic imine (C=N–C) groups is 1. The normalized spacial score (nSPS) is 13.0. The quantitative estimate of drug-likeness (QED) is 0.277. The Bertz CT molecular complexity index is 892. The Morgan fingerprint density at radius 1 is 1.09 bits per heavy atom. The van der Waals surface area contributed by atoms with Gasteiger partial charge in [0, 0.05) is 42.7 Å². The number of nitrogens with zero attached hydrogens (tertiary/aromatic N) is 1. The van der Waals surface area contributed by atoms with E-state index >= 15 is 0 Å². The Kier molecular flexibility index (Phi) is 15.7. The highest BCUT2D eigenvalue weighted by Crippen LogP contribution is 2.38. The summed E-state index contributed by atoms with van der Waals surface area (Å²) in [6.07, 6.45) is 4.91. The molecule has 0 aliphatic carbocycles. The fourth-order valence-corrected chi connectivity index (χ4v) is 3.10. The summed E-state index contributed by atoms with van der Waals surface area (Å²) in [5.74, 6) is 1.59. The molecule has 0 aliphatic heterocycles. The van der Waals surface area contributed by atoms with Crippen LogP contribution in [0.2, 0.25) is 0 Å². The lowest BCUT2D eigenvalue weighted by atomic mass is 10.1. The van der Waals surface area contributed by atoms with E-state index in [0.29, 0.717) is 35.3 Å². The van der Waals surface area contributed by atoms with Gasteiger partial charge in [-0.25, -0.2) is 4.99 Å². The van der Waals surface area contributed by atoms with E-state index in [-0.39, 0.29) is 6.04 Å². The average molecular weight is 488 g/mol. The fourth-order valence-electron chi connectivity index (χ4n) is 3.10. The van der Waals surface area contributed by atoms with Gasteiger partial charge in [-0.1, -0.05) is 39.5 Å². The summed E-state index contributed by atoms with van der Waals surface area (Å²) in [7, 11) is 8.25. The van der Waals surface area contributed by atoms with Gasteiger partial charge in [0.2, 0.25) is 5.75 Å². The predicted octanol–water partition coefficient (Wildman–Crippen LogP) is 5.64. The molecule has 0 spiro atoms. The number of benzene rings is 1. The second-order valence-corrected chi connectivity index (χ2v) is 7.73. The summed E-state index contributed by atoms with van der Waals surface area (Å²) in [5, 5.41) is 6.61. The molecule has 0 bridgehead atoms. The molecule has 7 heteroatoms. The van der Waals surface area contributed by atoms with Crippen molar-refractivity contribution < 1.29 is 18.9 Å². The van der Waals surface area contributed by atoms with Crippen LogP contribution in [0.5, 0.6) is 17.2 Å². The molecule has 1 atom stereocenters. The van der Waals surface area contributed by atoms with Crippen molar-refractivity contribution in [1.82, 2.24) is 10.6 Å². The zero-order valence-electron chi connectivity index (χ0n) is 23.3. The Labute approximate surface area is 212 Å². The van der Waals surface area contributed by atoms with E-state index in [1.54, 1.807) is 34.5 Å². The van der Waals surface area contributed by atoms with Crippen molar-refractivity contribution >= 4 is 5.71 Å². The highest BCUT2D eigenvalue weighted by atomic mass is 16.5. The minimum absolute atomic E-state index is 0.108. The van der Waals surface area contributed by atoms with Crippen LogP contribution in [0.3, 0.4) is 0 Å². The summed E-state index contributed by atoms with van der Waals surface area (Å²) in [6, 6.07) is 3.79. The van der Waals surface area contributed by atoms with Crippen molar-refractivity contribution in [3.05, 3.63) is 65.7 Å². The van der Waals surface area contributed by atoms with Gasteiger partial charge in [-0.05, 0) is 39.0 Å². The van der Waals surface area contributed by atoms with E-state index in [0.717, 1.165) is 22.5 Å². The number of ether oxygens (including phenoxy) is 4.